The van der Waals surface area contributed by atoms with Crippen molar-refractivity contribution < 1.29 is 18.0 Å². The second-order valence-electron chi connectivity index (χ2n) is 5.17. The molecule has 1 amide bonds. The first-order valence-electron chi connectivity index (χ1n) is 7.13. The van der Waals surface area contributed by atoms with Gasteiger partial charge in [0.1, 0.15) is 5.78 Å². The summed E-state index contributed by atoms with van der Waals surface area (Å²) in [5, 5.41) is 5.54. The number of carbonyl (C=O) groups excluding carboxylic acids is 2. The fraction of sp³-hybridized carbons (Fsp3) is 0.333. The molecule has 1 aromatic rings. The van der Waals surface area contributed by atoms with Crippen LogP contribution in [0.15, 0.2) is 41.8 Å². The third-order valence-electron chi connectivity index (χ3n) is 3.56. The maximum absolute atomic E-state index is 12.8. The molecule has 0 saturated carbocycles. The number of piperazine rings is 1. The smallest absolute Gasteiger partial charge is 0.247 e. The Hall–Kier alpha value is -2.03. The molecular weight excluding hydrogens is 318 g/mol. The summed E-state index contributed by atoms with van der Waals surface area (Å²) in [6, 6.07) is 5.21. The van der Waals surface area contributed by atoms with E-state index in [1.165, 1.54) is 29.4 Å². The van der Waals surface area contributed by atoms with E-state index in [0.29, 0.717) is 18.8 Å². The van der Waals surface area contributed by atoms with Crippen molar-refractivity contribution in [2.75, 3.05) is 25.0 Å². The second kappa shape index (κ2) is 7.03. The van der Waals surface area contributed by atoms with Gasteiger partial charge in [0.2, 0.25) is 15.9 Å². The monoisotopic (exact) mass is 337 g/mol. The summed E-state index contributed by atoms with van der Waals surface area (Å²) in [7, 11) is -3.83. The van der Waals surface area contributed by atoms with Crippen LogP contribution in [-0.4, -0.2) is 50.1 Å². The molecule has 0 spiro atoms. The number of amides is 1. The molecule has 1 aromatic carbocycles. The van der Waals surface area contributed by atoms with Gasteiger partial charge in [-0.3, -0.25) is 9.59 Å². The van der Waals surface area contributed by atoms with Gasteiger partial charge in [-0.2, -0.15) is 4.31 Å². The largest absolute Gasteiger partial charge is 0.322 e. The Morgan fingerprint density at radius 3 is 2.83 bits per heavy atom. The average molecular weight is 337 g/mol. The van der Waals surface area contributed by atoms with Gasteiger partial charge >= 0.3 is 0 Å². The third kappa shape index (κ3) is 3.84. The Morgan fingerprint density at radius 2 is 2.17 bits per heavy atom. The zero-order valence-electron chi connectivity index (χ0n) is 12.8. The zero-order chi connectivity index (χ0) is 17.0. The number of sulfonamides is 1. The highest BCUT2D eigenvalue weighted by Gasteiger charge is 2.35. The van der Waals surface area contributed by atoms with E-state index in [9.17, 15) is 18.0 Å². The summed E-state index contributed by atoms with van der Waals surface area (Å²) in [6.45, 7) is 5.72. The van der Waals surface area contributed by atoms with Crippen molar-refractivity contribution in [3.63, 3.8) is 0 Å². The van der Waals surface area contributed by atoms with Gasteiger partial charge in [-0.05, 0) is 31.2 Å². The van der Waals surface area contributed by atoms with Gasteiger partial charge in [0.15, 0.2) is 0 Å². The molecule has 23 heavy (non-hydrogen) atoms. The van der Waals surface area contributed by atoms with Crippen LogP contribution in [0, 0.1) is 0 Å². The third-order valence-corrected chi connectivity index (χ3v) is 5.46. The molecule has 0 bridgehead atoms. The summed E-state index contributed by atoms with van der Waals surface area (Å²) in [4.78, 5) is 23.1. The summed E-state index contributed by atoms with van der Waals surface area (Å²) < 4.78 is 26.9. The first-order chi connectivity index (χ1) is 10.9. The molecule has 0 aliphatic carbocycles. The Kier molecular flexibility index (Phi) is 5.30. The summed E-state index contributed by atoms with van der Waals surface area (Å²) in [5.74, 6) is -0.639. The summed E-state index contributed by atoms with van der Waals surface area (Å²) >= 11 is 0. The molecule has 1 aliphatic rings. The van der Waals surface area contributed by atoms with Crippen molar-refractivity contribution >= 4 is 27.4 Å². The lowest BCUT2D eigenvalue weighted by Gasteiger charge is -2.33. The Bertz CT molecular complexity index is 730. The van der Waals surface area contributed by atoms with E-state index in [4.69, 9.17) is 0 Å². The molecule has 0 aromatic heterocycles. The summed E-state index contributed by atoms with van der Waals surface area (Å²) in [5.41, 5.74) is 0.352. The summed E-state index contributed by atoms with van der Waals surface area (Å²) in [6.07, 6.45) is 1.10. The van der Waals surface area contributed by atoms with Crippen molar-refractivity contribution in [3.05, 3.63) is 36.9 Å². The van der Waals surface area contributed by atoms with Crippen molar-refractivity contribution in [3.8, 4) is 0 Å². The van der Waals surface area contributed by atoms with Gasteiger partial charge in [0, 0.05) is 25.3 Å². The van der Waals surface area contributed by atoms with Gasteiger partial charge in [0.05, 0.1) is 10.9 Å². The molecule has 1 heterocycles. The van der Waals surface area contributed by atoms with Gasteiger partial charge in [0.25, 0.3) is 0 Å². The van der Waals surface area contributed by atoms with Gasteiger partial charge in [-0.15, -0.1) is 0 Å². The quantitative estimate of drug-likeness (QED) is 0.757. The van der Waals surface area contributed by atoms with E-state index in [0.717, 1.165) is 6.08 Å². The highest BCUT2D eigenvalue weighted by Crippen LogP contribution is 2.22. The van der Waals surface area contributed by atoms with Crippen LogP contribution in [0.2, 0.25) is 0 Å². The van der Waals surface area contributed by atoms with Gasteiger partial charge in [-0.1, -0.05) is 12.6 Å². The molecule has 2 N–H and O–H groups in total. The average Bonchev–Trinajstić information content (AvgIpc) is 2.55. The predicted octanol–water partition coefficient (Wildman–Crippen LogP) is 0.363. The predicted molar refractivity (Wildman–Crippen MR) is 86.5 cm³/mol. The molecule has 0 radical (unpaired) electrons. The Balaban J connectivity index is 2.35. The number of hydrogen-bond acceptors (Lipinski definition) is 5. The number of benzene rings is 1. The Morgan fingerprint density at radius 1 is 1.43 bits per heavy atom. The normalized spacial score (nSPS) is 19.1. The fourth-order valence-electron chi connectivity index (χ4n) is 2.38. The van der Waals surface area contributed by atoms with Crippen LogP contribution in [0.25, 0.3) is 0 Å². The highest BCUT2D eigenvalue weighted by molar-refractivity contribution is 7.89. The lowest BCUT2D eigenvalue weighted by atomic mass is 10.2. The molecule has 2 rings (SSSR count). The molecule has 8 heteroatoms. The van der Waals surface area contributed by atoms with Crippen LogP contribution in [0.4, 0.5) is 5.69 Å². The van der Waals surface area contributed by atoms with Crippen molar-refractivity contribution in [2.24, 2.45) is 0 Å². The zero-order valence-corrected chi connectivity index (χ0v) is 13.6. The topological polar surface area (TPSA) is 95.6 Å². The highest BCUT2D eigenvalue weighted by atomic mass is 32.2. The van der Waals surface area contributed by atoms with Crippen molar-refractivity contribution in [1.29, 1.82) is 0 Å². The van der Waals surface area contributed by atoms with Crippen molar-refractivity contribution in [2.45, 2.75) is 17.9 Å². The van der Waals surface area contributed by atoms with Crippen LogP contribution in [0.1, 0.15) is 6.92 Å². The van der Waals surface area contributed by atoms with E-state index in [1.807, 2.05) is 0 Å². The molecule has 1 unspecified atom stereocenters. The van der Waals surface area contributed by atoms with E-state index in [-0.39, 0.29) is 17.2 Å². The van der Waals surface area contributed by atoms with Crippen LogP contribution < -0.4 is 10.6 Å². The van der Waals surface area contributed by atoms with E-state index in [1.54, 1.807) is 6.07 Å². The standard InChI is InChI=1S/C15H19N3O4S/c1-3-15(20)17-12-5-4-6-13(9-12)23(21,22)18-8-7-16-10-14(18)11(2)19/h3-6,9,14,16H,1,7-8,10H2,2H3,(H,17,20). The van der Waals surface area contributed by atoms with Crippen LogP contribution in [0.5, 0.6) is 0 Å². The molecular formula is C15H19N3O4S. The second-order valence-corrected chi connectivity index (χ2v) is 7.06. The lowest BCUT2D eigenvalue weighted by molar-refractivity contribution is -0.121. The van der Waals surface area contributed by atoms with Gasteiger partial charge < -0.3 is 10.6 Å². The number of rotatable bonds is 5. The minimum absolute atomic E-state index is 0.0347. The Labute approximate surface area is 135 Å². The SMILES string of the molecule is C=CC(=O)Nc1cccc(S(=O)(=O)N2CCNCC2C(C)=O)c1. The number of ketones is 1. The maximum atomic E-state index is 12.8. The van der Waals surface area contributed by atoms with E-state index in [2.05, 4.69) is 17.2 Å². The number of hydrogen-bond donors (Lipinski definition) is 2. The molecule has 1 saturated heterocycles. The van der Waals surface area contributed by atoms with E-state index < -0.39 is 22.0 Å². The number of nitrogens with one attached hydrogen (secondary N) is 2. The first-order valence-corrected chi connectivity index (χ1v) is 8.57. The first kappa shape index (κ1) is 17.3. The van der Waals surface area contributed by atoms with Crippen molar-refractivity contribution in [1.82, 2.24) is 9.62 Å². The minimum atomic E-state index is -3.83. The molecule has 1 aliphatic heterocycles. The number of anilines is 1. The molecule has 1 atom stereocenters. The van der Waals surface area contributed by atoms with Crippen LogP contribution >= 0.6 is 0 Å². The maximum Gasteiger partial charge on any atom is 0.247 e. The fourth-order valence-corrected chi connectivity index (χ4v) is 4.07. The van der Waals surface area contributed by atoms with E-state index >= 15 is 0 Å². The van der Waals surface area contributed by atoms with Crippen LogP contribution in [0.3, 0.4) is 0 Å². The van der Waals surface area contributed by atoms with Gasteiger partial charge in [-0.25, -0.2) is 8.42 Å². The minimum Gasteiger partial charge on any atom is -0.322 e. The number of nitrogens with zero attached hydrogens (tertiary/aromatic N) is 1. The number of carbonyl (C=O) groups is 2. The molecule has 1 fully saturated rings. The number of Topliss-reactive ketones (excluding diaryl/α,β-unsaturated/α-hetero) is 1. The molecule has 124 valence electrons. The molecule has 7 nitrogen and oxygen atoms in total. The van der Waals surface area contributed by atoms with Crippen LogP contribution in [-0.2, 0) is 19.6 Å². The lowest BCUT2D eigenvalue weighted by Crippen LogP contribution is -2.56.